The summed E-state index contributed by atoms with van der Waals surface area (Å²) in [6.45, 7) is 5.00. The molecular formula is C28H30N2O4. The van der Waals surface area contributed by atoms with Gasteiger partial charge in [0.15, 0.2) is 6.61 Å². The fourth-order valence-corrected chi connectivity index (χ4v) is 4.39. The molecule has 176 valence electrons. The Bertz CT molecular complexity index is 1110. The number of benzene rings is 3. The van der Waals surface area contributed by atoms with Crippen LogP contribution in [0, 0.1) is 6.92 Å². The highest BCUT2D eigenvalue weighted by molar-refractivity contribution is 5.89. The minimum absolute atomic E-state index is 0.0303. The van der Waals surface area contributed by atoms with E-state index in [4.69, 9.17) is 9.47 Å². The van der Waals surface area contributed by atoms with Gasteiger partial charge in [0, 0.05) is 26.2 Å². The van der Waals surface area contributed by atoms with E-state index in [9.17, 15) is 9.59 Å². The van der Waals surface area contributed by atoms with E-state index in [1.807, 2.05) is 11.0 Å². The molecule has 1 unspecified atom stereocenters. The molecule has 0 aliphatic carbocycles. The maximum atomic E-state index is 12.8. The number of methoxy groups -OCH3 is 1. The van der Waals surface area contributed by atoms with Crippen molar-refractivity contribution in [1.82, 2.24) is 9.80 Å². The minimum Gasteiger partial charge on any atom is -0.484 e. The first-order valence-corrected chi connectivity index (χ1v) is 11.5. The molecule has 4 rings (SSSR count). The number of carbonyl (C=O) groups excluding carboxylic acids is 2. The average molecular weight is 459 g/mol. The molecule has 1 amide bonds. The monoisotopic (exact) mass is 458 g/mol. The van der Waals surface area contributed by atoms with Crippen molar-refractivity contribution in [3.63, 3.8) is 0 Å². The topological polar surface area (TPSA) is 59.1 Å². The third-order valence-electron chi connectivity index (χ3n) is 6.27. The molecule has 1 heterocycles. The first-order valence-electron chi connectivity index (χ1n) is 11.5. The SMILES string of the molecule is COC(=O)c1ccc(OCC(=O)N2CCN(C(c3ccccc3)c3ccccc3C)CC2)cc1. The third kappa shape index (κ3) is 5.46. The predicted molar refractivity (Wildman–Crippen MR) is 131 cm³/mol. The molecule has 0 bridgehead atoms. The van der Waals surface area contributed by atoms with Crippen molar-refractivity contribution in [3.05, 3.63) is 101 Å². The molecule has 1 fully saturated rings. The van der Waals surface area contributed by atoms with Crippen LogP contribution < -0.4 is 4.74 Å². The van der Waals surface area contributed by atoms with Crippen molar-refractivity contribution < 1.29 is 19.1 Å². The van der Waals surface area contributed by atoms with Crippen LogP contribution in [0.3, 0.4) is 0 Å². The lowest BCUT2D eigenvalue weighted by atomic mass is 9.93. The lowest BCUT2D eigenvalue weighted by Crippen LogP contribution is -2.51. The Morgan fingerprint density at radius 1 is 0.853 bits per heavy atom. The van der Waals surface area contributed by atoms with Gasteiger partial charge in [-0.15, -0.1) is 0 Å². The normalized spacial score (nSPS) is 14.9. The molecular weight excluding hydrogens is 428 g/mol. The highest BCUT2D eigenvalue weighted by Gasteiger charge is 2.29. The maximum Gasteiger partial charge on any atom is 0.337 e. The number of hydrogen-bond acceptors (Lipinski definition) is 5. The molecule has 1 atom stereocenters. The molecule has 3 aromatic rings. The summed E-state index contributed by atoms with van der Waals surface area (Å²) < 4.78 is 10.4. The van der Waals surface area contributed by atoms with Crippen molar-refractivity contribution in [2.24, 2.45) is 0 Å². The van der Waals surface area contributed by atoms with E-state index >= 15 is 0 Å². The van der Waals surface area contributed by atoms with Gasteiger partial charge in [-0.3, -0.25) is 9.69 Å². The number of rotatable bonds is 7. The van der Waals surface area contributed by atoms with E-state index in [2.05, 4.69) is 60.4 Å². The Morgan fingerprint density at radius 3 is 2.15 bits per heavy atom. The van der Waals surface area contributed by atoms with Crippen molar-refractivity contribution in [2.45, 2.75) is 13.0 Å². The smallest absolute Gasteiger partial charge is 0.337 e. The predicted octanol–water partition coefficient (Wildman–Crippen LogP) is 4.09. The number of ether oxygens (including phenoxy) is 2. The molecule has 0 saturated carbocycles. The van der Waals surface area contributed by atoms with Crippen LogP contribution in [0.15, 0.2) is 78.9 Å². The van der Waals surface area contributed by atoms with E-state index < -0.39 is 5.97 Å². The van der Waals surface area contributed by atoms with Crippen LogP contribution >= 0.6 is 0 Å². The molecule has 0 radical (unpaired) electrons. The van der Waals surface area contributed by atoms with Gasteiger partial charge >= 0.3 is 5.97 Å². The maximum absolute atomic E-state index is 12.8. The second-order valence-electron chi connectivity index (χ2n) is 8.39. The summed E-state index contributed by atoms with van der Waals surface area (Å²) in [6, 6.07) is 25.8. The Labute approximate surface area is 200 Å². The van der Waals surface area contributed by atoms with E-state index in [1.165, 1.54) is 23.8 Å². The molecule has 0 spiro atoms. The second-order valence-corrected chi connectivity index (χ2v) is 8.39. The van der Waals surface area contributed by atoms with E-state index in [1.54, 1.807) is 24.3 Å². The van der Waals surface area contributed by atoms with Crippen LogP contribution in [0.4, 0.5) is 0 Å². The first kappa shape index (κ1) is 23.5. The van der Waals surface area contributed by atoms with Gasteiger partial charge < -0.3 is 14.4 Å². The molecule has 1 saturated heterocycles. The zero-order valence-corrected chi connectivity index (χ0v) is 19.6. The molecule has 1 aliphatic rings. The molecule has 0 aromatic heterocycles. The van der Waals surface area contributed by atoms with Crippen molar-refractivity contribution in [3.8, 4) is 5.75 Å². The molecule has 6 nitrogen and oxygen atoms in total. The number of amides is 1. The van der Waals surface area contributed by atoms with E-state index in [-0.39, 0.29) is 18.6 Å². The summed E-state index contributed by atoms with van der Waals surface area (Å²) in [5.74, 6) is 0.104. The summed E-state index contributed by atoms with van der Waals surface area (Å²) in [4.78, 5) is 28.6. The molecule has 1 aliphatic heterocycles. The Balaban J connectivity index is 1.37. The lowest BCUT2D eigenvalue weighted by molar-refractivity contribution is -0.135. The van der Waals surface area contributed by atoms with Gasteiger partial charge in [0.25, 0.3) is 5.91 Å². The van der Waals surface area contributed by atoms with Crippen molar-refractivity contribution in [1.29, 1.82) is 0 Å². The van der Waals surface area contributed by atoms with Crippen LogP contribution in [0.5, 0.6) is 5.75 Å². The first-order chi connectivity index (χ1) is 16.6. The van der Waals surface area contributed by atoms with Crippen LogP contribution in [-0.4, -0.2) is 61.6 Å². The van der Waals surface area contributed by atoms with Crippen molar-refractivity contribution in [2.75, 3.05) is 39.9 Å². The van der Waals surface area contributed by atoms with Crippen molar-refractivity contribution >= 4 is 11.9 Å². The summed E-state index contributed by atoms with van der Waals surface area (Å²) >= 11 is 0. The standard InChI is InChI=1S/C28H30N2O4/c1-21-8-6-7-11-25(21)27(22-9-4-3-5-10-22)30-18-16-29(17-19-30)26(31)20-34-24-14-12-23(13-15-24)28(32)33-2/h3-15,27H,16-20H2,1-2H3. The highest BCUT2D eigenvalue weighted by atomic mass is 16.5. The molecule has 3 aromatic carbocycles. The van der Waals surface area contributed by atoms with Gasteiger partial charge in [0.2, 0.25) is 0 Å². The molecule has 34 heavy (non-hydrogen) atoms. The third-order valence-corrected chi connectivity index (χ3v) is 6.27. The molecule has 0 N–H and O–H groups in total. The Hall–Kier alpha value is -3.64. The average Bonchev–Trinajstić information content (AvgIpc) is 2.89. The summed E-state index contributed by atoms with van der Waals surface area (Å²) in [5, 5.41) is 0. The zero-order chi connectivity index (χ0) is 23.9. The summed E-state index contributed by atoms with van der Waals surface area (Å²) in [7, 11) is 1.34. The number of piperazine rings is 1. The number of nitrogens with zero attached hydrogens (tertiary/aromatic N) is 2. The number of esters is 1. The van der Waals surface area contributed by atoms with Gasteiger partial charge in [0.05, 0.1) is 18.7 Å². The van der Waals surface area contributed by atoms with Gasteiger partial charge in [0.1, 0.15) is 5.75 Å². The summed E-state index contributed by atoms with van der Waals surface area (Å²) in [5.41, 5.74) is 4.27. The number of hydrogen-bond donors (Lipinski definition) is 0. The van der Waals surface area contributed by atoms with Crippen LogP contribution in [0.25, 0.3) is 0 Å². The van der Waals surface area contributed by atoms with Gasteiger partial charge in [-0.1, -0.05) is 54.6 Å². The summed E-state index contributed by atoms with van der Waals surface area (Å²) in [6.07, 6.45) is 0. The van der Waals surface area contributed by atoms with E-state index in [0.717, 1.165) is 13.1 Å². The van der Waals surface area contributed by atoms with Gasteiger partial charge in [-0.2, -0.15) is 0 Å². The van der Waals surface area contributed by atoms with Crippen LogP contribution in [0.2, 0.25) is 0 Å². The Kier molecular flexibility index (Phi) is 7.60. The fourth-order valence-electron chi connectivity index (χ4n) is 4.39. The highest BCUT2D eigenvalue weighted by Crippen LogP contribution is 2.31. The van der Waals surface area contributed by atoms with Crippen LogP contribution in [0.1, 0.15) is 33.1 Å². The number of carbonyl (C=O) groups is 2. The quantitative estimate of drug-likeness (QED) is 0.499. The second kappa shape index (κ2) is 11.0. The molecule has 6 heteroatoms. The zero-order valence-electron chi connectivity index (χ0n) is 19.6. The largest absolute Gasteiger partial charge is 0.484 e. The van der Waals surface area contributed by atoms with Crippen LogP contribution in [-0.2, 0) is 9.53 Å². The van der Waals surface area contributed by atoms with Gasteiger partial charge in [-0.25, -0.2) is 4.79 Å². The number of aryl methyl sites for hydroxylation is 1. The van der Waals surface area contributed by atoms with E-state index in [0.29, 0.717) is 24.4 Å². The minimum atomic E-state index is -0.403. The Morgan fingerprint density at radius 2 is 1.50 bits per heavy atom. The van der Waals surface area contributed by atoms with Gasteiger partial charge in [-0.05, 0) is 47.9 Å². The fraction of sp³-hybridized carbons (Fsp3) is 0.286. The lowest BCUT2D eigenvalue weighted by Gasteiger charge is -2.40.